The fourth-order valence-corrected chi connectivity index (χ4v) is 3.17. The molecule has 0 aromatic carbocycles. The van der Waals surface area contributed by atoms with E-state index >= 15 is 0 Å². The average Bonchev–Trinajstić information content (AvgIpc) is 3.03. The highest BCUT2D eigenvalue weighted by molar-refractivity contribution is 7.13. The molecule has 2 amide bonds. The van der Waals surface area contributed by atoms with Gasteiger partial charge in [0.1, 0.15) is 5.60 Å². The normalized spacial score (nSPS) is 11.1. The minimum atomic E-state index is -0.560. The van der Waals surface area contributed by atoms with E-state index in [1.54, 1.807) is 17.3 Å². The molecule has 2 heterocycles. The van der Waals surface area contributed by atoms with Crippen LogP contribution in [0.2, 0.25) is 0 Å². The molecule has 2 aromatic heterocycles. The van der Waals surface area contributed by atoms with Gasteiger partial charge in [-0.3, -0.25) is 9.78 Å². The van der Waals surface area contributed by atoms with E-state index in [1.807, 2.05) is 52.0 Å². The molecule has 0 saturated carbocycles. The van der Waals surface area contributed by atoms with Gasteiger partial charge in [0.25, 0.3) is 5.91 Å². The summed E-state index contributed by atoms with van der Waals surface area (Å²) in [6, 6.07) is 7.51. The predicted molar refractivity (Wildman–Crippen MR) is 107 cm³/mol. The number of nitrogens with one attached hydrogen (secondary N) is 1. The molecule has 2 aromatic rings. The summed E-state index contributed by atoms with van der Waals surface area (Å²) in [5.41, 5.74) is 0.372. The summed E-state index contributed by atoms with van der Waals surface area (Å²) in [5.74, 6) is -0.0795. The number of aromatic nitrogens is 1. The van der Waals surface area contributed by atoms with Crippen LogP contribution in [0.3, 0.4) is 0 Å². The highest BCUT2D eigenvalue weighted by atomic mass is 32.1. The molecule has 1 N–H and O–H groups in total. The third-order valence-corrected chi connectivity index (χ3v) is 4.60. The summed E-state index contributed by atoms with van der Waals surface area (Å²) in [6.45, 7) is 8.89. The van der Waals surface area contributed by atoms with Crippen molar-refractivity contribution in [3.8, 4) is 0 Å². The lowest BCUT2D eigenvalue weighted by molar-refractivity contribution is 0.0232. The number of thiophene rings is 1. The van der Waals surface area contributed by atoms with Crippen LogP contribution >= 0.6 is 11.3 Å². The first-order valence-corrected chi connectivity index (χ1v) is 9.78. The van der Waals surface area contributed by atoms with Crippen molar-refractivity contribution >= 4 is 23.3 Å². The Labute approximate surface area is 164 Å². The van der Waals surface area contributed by atoms with E-state index in [4.69, 9.17) is 4.74 Å². The van der Waals surface area contributed by atoms with Crippen molar-refractivity contribution < 1.29 is 14.3 Å². The molecule has 0 aliphatic carbocycles. The minimum Gasteiger partial charge on any atom is -0.444 e. The number of carbonyl (C=O) groups excluding carboxylic acids is 2. The van der Waals surface area contributed by atoms with Gasteiger partial charge in [0.2, 0.25) is 0 Å². The summed E-state index contributed by atoms with van der Waals surface area (Å²) in [4.78, 5) is 32.2. The maximum Gasteiger partial charge on any atom is 0.410 e. The highest BCUT2D eigenvalue weighted by Crippen LogP contribution is 2.15. The molecule has 0 bridgehead atoms. The Morgan fingerprint density at radius 3 is 2.63 bits per heavy atom. The molecular weight excluding hydrogens is 362 g/mol. The number of pyridine rings is 1. The summed E-state index contributed by atoms with van der Waals surface area (Å²) in [5, 5.41) is 2.90. The second-order valence-corrected chi connectivity index (χ2v) is 8.57. The molecular formula is C20H27N3O3S. The van der Waals surface area contributed by atoms with Crippen molar-refractivity contribution in [2.45, 2.75) is 46.3 Å². The molecule has 27 heavy (non-hydrogen) atoms. The number of amides is 2. The Hall–Kier alpha value is -2.41. The maximum atomic E-state index is 12.5. The fourth-order valence-electron chi connectivity index (χ4n) is 2.39. The standard InChI is InChI=1S/C20H27N3O3S/c1-15-8-9-17(27-15)18(24)22-11-6-12-23(19(25)26-20(2,3)4)14-16-7-5-10-21-13-16/h5,7-10,13H,6,11-12,14H2,1-4H3,(H,22,24). The zero-order valence-corrected chi connectivity index (χ0v) is 17.1. The van der Waals surface area contributed by atoms with Crippen LogP contribution in [0.25, 0.3) is 0 Å². The zero-order chi connectivity index (χ0) is 19.9. The van der Waals surface area contributed by atoms with E-state index in [1.165, 1.54) is 11.3 Å². The van der Waals surface area contributed by atoms with Gasteiger partial charge in [0.05, 0.1) is 11.4 Å². The first-order valence-electron chi connectivity index (χ1n) is 8.96. The number of aryl methyl sites for hydroxylation is 1. The van der Waals surface area contributed by atoms with Crippen LogP contribution in [0, 0.1) is 6.92 Å². The van der Waals surface area contributed by atoms with Crippen molar-refractivity contribution in [3.63, 3.8) is 0 Å². The molecule has 0 unspecified atom stereocenters. The monoisotopic (exact) mass is 389 g/mol. The van der Waals surface area contributed by atoms with Crippen molar-refractivity contribution in [2.24, 2.45) is 0 Å². The third kappa shape index (κ3) is 7.38. The Balaban J connectivity index is 1.89. The third-order valence-electron chi connectivity index (χ3n) is 3.60. The molecule has 0 aliphatic rings. The zero-order valence-electron chi connectivity index (χ0n) is 16.3. The van der Waals surface area contributed by atoms with Crippen LogP contribution in [-0.2, 0) is 11.3 Å². The second-order valence-electron chi connectivity index (χ2n) is 7.28. The summed E-state index contributed by atoms with van der Waals surface area (Å²) in [6.07, 6.45) is 3.70. The van der Waals surface area contributed by atoms with Gasteiger partial charge in [-0.25, -0.2) is 4.79 Å². The van der Waals surface area contributed by atoms with Crippen molar-refractivity contribution in [3.05, 3.63) is 52.0 Å². The molecule has 0 saturated heterocycles. The van der Waals surface area contributed by atoms with E-state index in [0.717, 1.165) is 10.4 Å². The summed E-state index contributed by atoms with van der Waals surface area (Å²) < 4.78 is 5.50. The number of carbonyl (C=O) groups is 2. The quantitative estimate of drug-likeness (QED) is 0.726. The average molecular weight is 390 g/mol. The Bertz CT molecular complexity index is 753. The first-order chi connectivity index (χ1) is 12.7. The molecule has 0 atom stereocenters. The van der Waals surface area contributed by atoms with Crippen LogP contribution in [0.15, 0.2) is 36.7 Å². The summed E-state index contributed by atoms with van der Waals surface area (Å²) in [7, 11) is 0. The molecule has 146 valence electrons. The van der Waals surface area contributed by atoms with Gasteiger partial charge in [-0.2, -0.15) is 0 Å². The van der Waals surface area contributed by atoms with Gasteiger partial charge in [-0.05, 0) is 57.9 Å². The lowest BCUT2D eigenvalue weighted by Gasteiger charge is -2.27. The van der Waals surface area contributed by atoms with Gasteiger partial charge < -0.3 is 15.0 Å². The minimum absolute atomic E-state index is 0.0795. The van der Waals surface area contributed by atoms with E-state index in [9.17, 15) is 9.59 Å². The molecule has 6 nitrogen and oxygen atoms in total. The number of ether oxygens (including phenoxy) is 1. The van der Waals surface area contributed by atoms with Crippen LogP contribution in [-0.4, -0.2) is 40.6 Å². The van der Waals surface area contributed by atoms with Gasteiger partial charge in [-0.1, -0.05) is 6.07 Å². The smallest absolute Gasteiger partial charge is 0.410 e. The molecule has 2 rings (SSSR count). The maximum absolute atomic E-state index is 12.5. The van der Waals surface area contributed by atoms with E-state index < -0.39 is 5.60 Å². The number of nitrogens with zero attached hydrogens (tertiary/aromatic N) is 2. The van der Waals surface area contributed by atoms with Crippen LogP contribution in [0.4, 0.5) is 4.79 Å². The van der Waals surface area contributed by atoms with Crippen LogP contribution in [0.5, 0.6) is 0 Å². The number of hydrogen-bond donors (Lipinski definition) is 1. The fraction of sp³-hybridized carbons (Fsp3) is 0.450. The predicted octanol–water partition coefficient (Wildman–Crippen LogP) is 4.01. The molecule has 0 radical (unpaired) electrons. The van der Waals surface area contributed by atoms with Crippen LogP contribution < -0.4 is 5.32 Å². The van der Waals surface area contributed by atoms with Crippen molar-refractivity contribution in [1.82, 2.24) is 15.2 Å². The second kappa shape index (κ2) is 9.50. The Morgan fingerprint density at radius 1 is 1.26 bits per heavy atom. The Kier molecular flexibility index (Phi) is 7.36. The molecule has 0 fully saturated rings. The lowest BCUT2D eigenvalue weighted by Crippen LogP contribution is -2.38. The lowest BCUT2D eigenvalue weighted by atomic mass is 10.2. The Morgan fingerprint density at radius 2 is 2.04 bits per heavy atom. The van der Waals surface area contributed by atoms with Gasteiger partial charge in [0.15, 0.2) is 0 Å². The van der Waals surface area contributed by atoms with E-state index in [-0.39, 0.29) is 12.0 Å². The highest BCUT2D eigenvalue weighted by Gasteiger charge is 2.22. The molecule has 0 spiro atoms. The van der Waals surface area contributed by atoms with Crippen LogP contribution in [0.1, 0.15) is 47.3 Å². The van der Waals surface area contributed by atoms with Gasteiger partial charge >= 0.3 is 6.09 Å². The SMILES string of the molecule is Cc1ccc(C(=O)NCCCN(Cc2cccnc2)C(=O)OC(C)(C)C)s1. The summed E-state index contributed by atoms with van der Waals surface area (Å²) >= 11 is 1.47. The topological polar surface area (TPSA) is 71.5 Å². The molecule has 0 aliphatic heterocycles. The van der Waals surface area contributed by atoms with E-state index in [0.29, 0.717) is 30.9 Å². The van der Waals surface area contributed by atoms with Crippen molar-refractivity contribution in [1.29, 1.82) is 0 Å². The van der Waals surface area contributed by atoms with E-state index in [2.05, 4.69) is 10.3 Å². The van der Waals surface area contributed by atoms with Gasteiger partial charge in [-0.15, -0.1) is 11.3 Å². The first kappa shape index (κ1) is 20.9. The molecule has 7 heteroatoms. The number of hydrogen-bond acceptors (Lipinski definition) is 5. The van der Waals surface area contributed by atoms with Crippen molar-refractivity contribution in [2.75, 3.05) is 13.1 Å². The number of rotatable bonds is 7. The largest absolute Gasteiger partial charge is 0.444 e. The van der Waals surface area contributed by atoms with Gasteiger partial charge in [0, 0.05) is 30.4 Å².